The van der Waals surface area contributed by atoms with Crippen molar-refractivity contribution in [2.24, 2.45) is 5.11 Å². The van der Waals surface area contributed by atoms with Crippen LogP contribution in [-0.4, -0.2) is 0 Å². The van der Waals surface area contributed by atoms with Gasteiger partial charge in [0.15, 0.2) is 0 Å². The van der Waals surface area contributed by atoms with E-state index in [1.54, 1.807) is 0 Å². The zero-order valence-corrected chi connectivity index (χ0v) is 14.7. The van der Waals surface area contributed by atoms with Gasteiger partial charge in [0.05, 0.1) is 0 Å². The topological polar surface area (TPSA) is 48.8 Å². The molecule has 0 aromatic carbocycles. The summed E-state index contributed by atoms with van der Waals surface area (Å²) in [6.45, 7) is 0. The van der Waals surface area contributed by atoms with Crippen LogP contribution in [0.3, 0.4) is 0 Å². The Balaban J connectivity index is 2.23. The van der Waals surface area contributed by atoms with E-state index in [1.165, 1.54) is 101 Å². The Bertz CT molecular complexity index is 456. The molecule has 2 rings (SSSR count). The normalized spacial score (nSPS) is 25.8. The van der Waals surface area contributed by atoms with Gasteiger partial charge in [-0.15, -0.1) is 0 Å². The zero-order valence-electron chi connectivity index (χ0n) is 14.7. The van der Waals surface area contributed by atoms with Crippen molar-refractivity contribution in [1.82, 2.24) is 0 Å². The maximum Gasteiger partial charge on any atom is 0.0185 e. The fourth-order valence-electron chi connectivity index (χ4n) is 3.93. The van der Waals surface area contributed by atoms with Gasteiger partial charge in [-0.05, 0) is 68.0 Å². The highest BCUT2D eigenvalue weighted by Gasteiger charge is 2.13. The van der Waals surface area contributed by atoms with E-state index >= 15 is 0 Å². The van der Waals surface area contributed by atoms with E-state index < -0.39 is 0 Å². The number of hydrogen-bond acceptors (Lipinski definition) is 1. The van der Waals surface area contributed by atoms with Gasteiger partial charge in [-0.25, -0.2) is 0 Å². The third kappa shape index (κ3) is 6.83. The molecule has 3 heteroatoms. The number of rotatable bonds is 2. The van der Waals surface area contributed by atoms with Crippen LogP contribution in [0.4, 0.5) is 0 Å². The molecule has 3 nitrogen and oxygen atoms in total. The molecule has 0 spiro atoms. The second-order valence-corrected chi connectivity index (χ2v) is 7.13. The fraction of sp³-hybridized carbons (Fsp3) is 0.800. The van der Waals surface area contributed by atoms with Crippen molar-refractivity contribution < 1.29 is 0 Å². The lowest BCUT2D eigenvalue weighted by Crippen LogP contribution is -2.00. The third-order valence-corrected chi connectivity index (χ3v) is 5.28. The minimum atomic E-state index is 0.969. The Morgan fingerprint density at radius 3 is 1.96 bits per heavy atom. The summed E-state index contributed by atoms with van der Waals surface area (Å²) >= 11 is 0. The van der Waals surface area contributed by atoms with E-state index in [0.717, 1.165) is 18.5 Å². The average molecular weight is 316 g/mol. The van der Waals surface area contributed by atoms with Crippen molar-refractivity contribution in [1.29, 1.82) is 0 Å². The van der Waals surface area contributed by atoms with Crippen LogP contribution in [0.15, 0.2) is 28.0 Å². The van der Waals surface area contributed by atoms with Gasteiger partial charge in [0.25, 0.3) is 0 Å². The summed E-state index contributed by atoms with van der Waals surface area (Å²) in [7, 11) is 0. The highest BCUT2D eigenvalue weighted by molar-refractivity contribution is 5.35. The predicted octanol–water partition coefficient (Wildman–Crippen LogP) is 7.75. The third-order valence-electron chi connectivity index (χ3n) is 5.28. The Labute approximate surface area is 141 Å². The summed E-state index contributed by atoms with van der Waals surface area (Å²) < 4.78 is 0. The molecule has 0 aromatic heterocycles. The van der Waals surface area contributed by atoms with E-state index in [-0.39, 0.29) is 0 Å². The lowest BCUT2D eigenvalue weighted by molar-refractivity contribution is 0.567. The second-order valence-electron chi connectivity index (χ2n) is 7.13. The summed E-state index contributed by atoms with van der Waals surface area (Å²) in [5.41, 5.74) is 13.0. The Morgan fingerprint density at radius 2 is 1.26 bits per heavy atom. The highest BCUT2D eigenvalue weighted by Crippen LogP contribution is 2.32. The minimum absolute atomic E-state index is 0.969. The molecule has 2 aliphatic rings. The predicted molar refractivity (Wildman–Crippen MR) is 98.1 cm³/mol. The standard InChI is InChI=1S/C20H33N3/c21-23-22-20-17-13-9-5-4-8-12-16-19(20)18-14-10-6-2-1-3-7-11-15-18/h14H,1-13,15-17H2/b18-14?,20-19-. The van der Waals surface area contributed by atoms with E-state index in [0.29, 0.717) is 0 Å². The molecule has 0 radical (unpaired) electrons. The van der Waals surface area contributed by atoms with Crippen molar-refractivity contribution in [2.45, 2.75) is 103 Å². The largest absolute Gasteiger partial charge is 0.0810 e. The molecule has 0 saturated carbocycles. The quantitative estimate of drug-likeness (QED) is 0.284. The smallest absolute Gasteiger partial charge is 0.0185 e. The molecule has 0 bridgehead atoms. The maximum atomic E-state index is 9.01. The van der Waals surface area contributed by atoms with Crippen LogP contribution in [0.5, 0.6) is 0 Å². The molecule has 23 heavy (non-hydrogen) atoms. The fourth-order valence-corrected chi connectivity index (χ4v) is 3.93. The Morgan fingerprint density at radius 1 is 0.696 bits per heavy atom. The van der Waals surface area contributed by atoms with Crippen molar-refractivity contribution >= 4 is 0 Å². The molecular weight excluding hydrogens is 282 g/mol. The van der Waals surface area contributed by atoms with Crippen LogP contribution in [0, 0.1) is 0 Å². The first-order chi connectivity index (χ1) is 11.4. The van der Waals surface area contributed by atoms with E-state index in [4.69, 9.17) is 5.53 Å². The lowest BCUT2D eigenvalue weighted by Gasteiger charge is -2.19. The molecule has 0 atom stereocenters. The minimum Gasteiger partial charge on any atom is -0.0810 e. The number of hydrogen-bond donors (Lipinski definition) is 0. The van der Waals surface area contributed by atoms with E-state index in [2.05, 4.69) is 16.1 Å². The summed E-state index contributed by atoms with van der Waals surface area (Å²) in [4.78, 5) is 3.15. The monoisotopic (exact) mass is 315 g/mol. The number of nitrogens with zero attached hydrogens (tertiary/aromatic N) is 3. The van der Waals surface area contributed by atoms with Gasteiger partial charge in [-0.3, -0.25) is 0 Å². The van der Waals surface area contributed by atoms with Crippen molar-refractivity contribution in [3.05, 3.63) is 33.4 Å². The highest BCUT2D eigenvalue weighted by atomic mass is 15.1. The van der Waals surface area contributed by atoms with Crippen LogP contribution in [0.25, 0.3) is 10.4 Å². The van der Waals surface area contributed by atoms with Crippen molar-refractivity contribution in [3.63, 3.8) is 0 Å². The second kappa shape index (κ2) is 11.3. The molecule has 0 N–H and O–H groups in total. The van der Waals surface area contributed by atoms with Gasteiger partial charge in [0.2, 0.25) is 0 Å². The van der Waals surface area contributed by atoms with Crippen LogP contribution in [-0.2, 0) is 0 Å². The van der Waals surface area contributed by atoms with E-state index in [1.807, 2.05) is 0 Å². The van der Waals surface area contributed by atoms with Gasteiger partial charge in [0.1, 0.15) is 0 Å². The average Bonchev–Trinajstić information content (AvgIpc) is 2.58. The summed E-state index contributed by atoms with van der Waals surface area (Å²) in [5.74, 6) is 0. The Kier molecular flexibility index (Phi) is 8.94. The van der Waals surface area contributed by atoms with Crippen LogP contribution >= 0.6 is 0 Å². The molecule has 2 aliphatic carbocycles. The SMILES string of the molecule is [N-]=[N+]=N/C1=C(\C2=CCCCCCCCC2)CCCCCCCC1. The van der Waals surface area contributed by atoms with Gasteiger partial charge < -0.3 is 0 Å². The molecule has 0 aliphatic heterocycles. The van der Waals surface area contributed by atoms with E-state index in [9.17, 15) is 0 Å². The van der Waals surface area contributed by atoms with Gasteiger partial charge in [-0.2, -0.15) is 0 Å². The summed E-state index contributed by atoms with van der Waals surface area (Å²) in [6, 6.07) is 0. The first kappa shape index (κ1) is 18.1. The maximum absolute atomic E-state index is 9.01. The molecular formula is C20H33N3. The summed E-state index contributed by atoms with van der Waals surface area (Å²) in [5, 5.41) is 4.13. The Hall–Kier alpha value is -1.21. The molecule has 0 heterocycles. The first-order valence-corrected chi connectivity index (χ1v) is 9.88. The molecule has 0 aromatic rings. The van der Waals surface area contributed by atoms with Crippen LogP contribution in [0.1, 0.15) is 103 Å². The molecule has 0 unspecified atom stereocenters. The first-order valence-electron chi connectivity index (χ1n) is 9.88. The lowest BCUT2D eigenvalue weighted by atomic mass is 9.89. The van der Waals surface area contributed by atoms with Crippen LogP contribution in [0.2, 0.25) is 0 Å². The van der Waals surface area contributed by atoms with Gasteiger partial charge in [-0.1, -0.05) is 62.6 Å². The van der Waals surface area contributed by atoms with Crippen molar-refractivity contribution in [2.75, 3.05) is 0 Å². The van der Waals surface area contributed by atoms with Gasteiger partial charge in [0, 0.05) is 10.6 Å². The number of azide groups is 1. The number of allylic oxidation sites excluding steroid dienone is 4. The zero-order chi connectivity index (χ0) is 16.2. The summed E-state index contributed by atoms with van der Waals surface area (Å²) in [6.07, 6.45) is 22.7. The molecule has 0 fully saturated rings. The molecule has 0 amide bonds. The van der Waals surface area contributed by atoms with Crippen LogP contribution < -0.4 is 0 Å². The van der Waals surface area contributed by atoms with Crippen molar-refractivity contribution in [3.8, 4) is 0 Å². The molecule has 128 valence electrons. The van der Waals surface area contributed by atoms with Gasteiger partial charge >= 0.3 is 0 Å². The molecule has 0 saturated heterocycles.